The molecule has 2 aromatic rings. The number of nitrogens with two attached hydrogens (primary N) is 1. The fourth-order valence-electron chi connectivity index (χ4n) is 3.02. The topological polar surface area (TPSA) is 118 Å². The van der Waals surface area contributed by atoms with E-state index in [9.17, 15) is 22.0 Å². The van der Waals surface area contributed by atoms with E-state index in [1.807, 2.05) is 0 Å². The maximum absolute atomic E-state index is 14.6. The highest BCUT2D eigenvalue weighted by molar-refractivity contribution is 7.93. The van der Waals surface area contributed by atoms with Crippen molar-refractivity contribution in [2.75, 3.05) is 5.75 Å². The molecular formula is C19H20F2N4O3S. The number of hydrogen-bond donors (Lipinski definition) is 2. The van der Waals surface area contributed by atoms with E-state index in [1.165, 1.54) is 32.9 Å². The van der Waals surface area contributed by atoms with Crippen molar-refractivity contribution in [2.45, 2.75) is 31.1 Å². The molecule has 7 nitrogen and oxygen atoms in total. The first-order valence-corrected chi connectivity index (χ1v) is 10.3. The summed E-state index contributed by atoms with van der Waals surface area (Å²) in [7, 11) is -3.72. The first kappa shape index (κ1) is 20.8. The van der Waals surface area contributed by atoms with Gasteiger partial charge in [0.2, 0.25) is 0 Å². The highest BCUT2D eigenvalue weighted by atomic mass is 32.2. The fourth-order valence-corrected chi connectivity index (χ4v) is 4.70. The Bertz CT molecular complexity index is 1180. The predicted octanol–water partition coefficient (Wildman–Crippen LogP) is 2.16. The molecule has 0 saturated heterocycles. The number of sulfone groups is 1. The molecule has 154 valence electrons. The van der Waals surface area contributed by atoms with Gasteiger partial charge in [0.25, 0.3) is 5.56 Å². The molecule has 3 rings (SSSR count). The molecule has 10 heteroatoms. The molecule has 1 aromatic heterocycles. The van der Waals surface area contributed by atoms with Gasteiger partial charge in [-0.3, -0.25) is 9.79 Å². The van der Waals surface area contributed by atoms with E-state index < -0.39 is 43.1 Å². The molecule has 0 bridgehead atoms. The lowest BCUT2D eigenvalue weighted by Crippen LogP contribution is -2.55. The second-order valence-corrected chi connectivity index (χ2v) is 10.1. The Hall–Kier alpha value is -2.88. The molecule has 1 aliphatic heterocycles. The van der Waals surface area contributed by atoms with E-state index in [-0.39, 0.29) is 22.7 Å². The van der Waals surface area contributed by atoms with Gasteiger partial charge in [-0.1, -0.05) is 6.07 Å². The van der Waals surface area contributed by atoms with Crippen molar-refractivity contribution in [2.24, 2.45) is 10.7 Å². The normalized spacial score (nSPS) is 23.5. The first-order chi connectivity index (χ1) is 13.4. The third-order valence-electron chi connectivity index (χ3n) is 5.01. The van der Waals surface area contributed by atoms with Crippen LogP contribution in [-0.2, 0) is 15.4 Å². The Morgan fingerprint density at radius 3 is 2.59 bits per heavy atom. The van der Waals surface area contributed by atoms with Crippen LogP contribution in [0.2, 0.25) is 0 Å². The van der Waals surface area contributed by atoms with E-state index in [0.717, 1.165) is 24.5 Å². The molecule has 0 fully saturated rings. The van der Waals surface area contributed by atoms with Gasteiger partial charge in [0.05, 0.1) is 11.9 Å². The number of nitrogens with zero attached hydrogens (tertiary/aromatic N) is 2. The Labute approximate surface area is 166 Å². The summed E-state index contributed by atoms with van der Waals surface area (Å²) < 4.78 is 53.1. The van der Waals surface area contributed by atoms with E-state index in [2.05, 4.69) is 15.0 Å². The van der Waals surface area contributed by atoms with Crippen LogP contribution >= 0.6 is 0 Å². The van der Waals surface area contributed by atoms with Crippen molar-refractivity contribution in [3.8, 4) is 0 Å². The lowest BCUT2D eigenvalue weighted by molar-refractivity contribution is 0.475. The molecule has 1 aromatic carbocycles. The maximum atomic E-state index is 14.6. The van der Waals surface area contributed by atoms with Crippen LogP contribution in [0.15, 0.2) is 40.4 Å². The molecule has 3 N–H and O–H groups in total. The number of nitrogens with one attached hydrogen (secondary N) is 1. The molecule has 0 aliphatic carbocycles. The van der Waals surface area contributed by atoms with Gasteiger partial charge in [-0.05, 0) is 44.5 Å². The van der Waals surface area contributed by atoms with E-state index in [4.69, 9.17) is 5.73 Å². The molecule has 29 heavy (non-hydrogen) atoms. The van der Waals surface area contributed by atoms with Gasteiger partial charge in [-0.25, -0.2) is 22.2 Å². The average molecular weight is 422 g/mol. The number of H-pyrrole nitrogens is 1. The van der Waals surface area contributed by atoms with Crippen LogP contribution in [-0.4, -0.2) is 34.7 Å². The molecule has 0 spiro atoms. The van der Waals surface area contributed by atoms with Crippen molar-refractivity contribution in [1.82, 2.24) is 9.97 Å². The Balaban J connectivity index is 2.08. The van der Waals surface area contributed by atoms with E-state index in [0.29, 0.717) is 0 Å². The van der Waals surface area contributed by atoms with Crippen molar-refractivity contribution in [3.63, 3.8) is 0 Å². The molecule has 1 unspecified atom stereocenters. The minimum atomic E-state index is -3.72. The highest BCUT2D eigenvalue weighted by Gasteiger charge is 2.49. The van der Waals surface area contributed by atoms with Crippen LogP contribution in [0.25, 0.3) is 11.9 Å². The second-order valence-electron chi connectivity index (χ2n) is 7.57. The summed E-state index contributed by atoms with van der Waals surface area (Å²) in [5, 5.41) is 0. The van der Waals surface area contributed by atoms with Crippen molar-refractivity contribution in [3.05, 3.63) is 63.6 Å². The number of hydrogen-bond acceptors (Lipinski definition) is 6. The van der Waals surface area contributed by atoms with Crippen LogP contribution in [0, 0.1) is 5.82 Å². The summed E-state index contributed by atoms with van der Waals surface area (Å²) in [4.78, 5) is 21.3. The van der Waals surface area contributed by atoms with Crippen LogP contribution in [0.5, 0.6) is 0 Å². The zero-order valence-electron chi connectivity index (χ0n) is 16.0. The lowest BCUT2D eigenvalue weighted by atomic mass is 9.91. The molecule has 1 atom stereocenters. The monoisotopic (exact) mass is 422 g/mol. The van der Waals surface area contributed by atoms with Crippen LogP contribution in [0.4, 0.5) is 8.78 Å². The Morgan fingerprint density at radius 1 is 1.31 bits per heavy atom. The largest absolute Gasteiger partial charge is 0.386 e. The summed E-state index contributed by atoms with van der Waals surface area (Å²) in [5.74, 6) is -2.00. The van der Waals surface area contributed by atoms with Crippen LogP contribution in [0.3, 0.4) is 0 Å². The first-order valence-electron chi connectivity index (χ1n) is 8.66. The zero-order chi connectivity index (χ0) is 21.6. The van der Waals surface area contributed by atoms with Crippen molar-refractivity contribution >= 4 is 27.6 Å². The van der Waals surface area contributed by atoms with Gasteiger partial charge in [0.1, 0.15) is 27.6 Å². The quantitative estimate of drug-likeness (QED) is 0.786. The smallest absolute Gasteiger partial charge is 0.266 e. The molecule has 2 heterocycles. The summed E-state index contributed by atoms with van der Waals surface area (Å²) in [6.07, 6.45) is 3.15. The molecule has 0 amide bonds. The lowest BCUT2D eigenvalue weighted by Gasteiger charge is -2.38. The summed E-state index contributed by atoms with van der Waals surface area (Å²) >= 11 is 0. The molecular weight excluding hydrogens is 402 g/mol. The third-order valence-corrected chi connectivity index (χ3v) is 7.72. The van der Waals surface area contributed by atoms with Crippen LogP contribution in [0.1, 0.15) is 37.6 Å². The number of aliphatic imine (C=N–C) groups is 1. The molecule has 0 saturated carbocycles. The summed E-state index contributed by atoms with van der Waals surface area (Å²) in [6.45, 7) is 4.37. The number of benzene rings is 1. The van der Waals surface area contributed by atoms with Gasteiger partial charge in [-0.15, -0.1) is 0 Å². The number of rotatable bonds is 3. The standard InChI is InChI=1S/C19H20F2N4O3S/c1-18(2)17(22)25-19(3,10-29(18,27)28)12-6-11(4-5-13(12)20)7-14(21)15-8-24-16(26)9-23-15/h4-9H,10H2,1-3H3,(H2,22,25)(H,24,26). The Kier molecular flexibility index (Phi) is 4.94. The molecule has 1 aliphatic rings. The maximum Gasteiger partial charge on any atom is 0.266 e. The average Bonchev–Trinajstić information content (AvgIpc) is 2.62. The van der Waals surface area contributed by atoms with Gasteiger partial charge < -0.3 is 10.7 Å². The van der Waals surface area contributed by atoms with Crippen molar-refractivity contribution < 1.29 is 17.2 Å². The highest BCUT2D eigenvalue weighted by Crippen LogP contribution is 2.38. The zero-order valence-corrected chi connectivity index (χ0v) is 16.8. The fraction of sp³-hybridized carbons (Fsp3) is 0.316. The number of aromatic nitrogens is 2. The number of aromatic amines is 1. The van der Waals surface area contributed by atoms with Crippen molar-refractivity contribution in [1.29, 1.82) is 0 Å². The Morgan fingerprint density at radius 2 is 2.00 bits per heavy atom. The minimum absolute atomic E-state index is 0.0181. The minimum Gasteiger partial charge on any atom is -0.386 e. The summed E-state index contributed by atoms with van der Waals surface area (Å²) in [6, 6.07) is 3.77. The van der Waals surface area contributed by atoms with Gasteiger partial charge in [-0.2, -0.15) is 0 Å². The summed E-state index contributed by atoms with van der Waals surface area (Å²) in [5.41, 5.74) is 4.11. The predicted molar refractivity (Wildman–Crippen MR) is 107 cm³/mol. The second kappa shape index (κ2) is 6.87. The number of amidine groups is 1. The number of halogens is 2. The SMILES string of the molecule is CC1(c2cc(C=C(F)c3c[nH]c(=O)cn3)ccc2F)CS(=O)(=O)C(C)(C)C(N)=N1. The van der Waals surface area contributed by atoms with Gasteiger partial charge in [0.15, 0.2) is 15.7 Å². The molecule has 0 radical (unpaired) electrons. The van der Waals surface area contributed by atoms with Crippen LogP contribution < -0.4 is 11.3 Å². The third kappa shape index (κ3) is 3.71. The van der Waals surface area contributed by atoms with E-state index >= 15 is 0 Å². The van der Waals surface area contributed by atoms with E-state index in [1.54, 1.807) is 0 Å². The van der Waals surface area contributed by atoms with Gasteiger partial charge in [0, 0.05) is 11.8 Å². The van der Waals surface area contributed by atoms with Gasteiger partial charge >= 0.3 is 0 Å².